The fraction of sp³-hybridized carbons (Fsp3) is 0.167. The minimum absolute atomic E-state index is 0.144. The third kappa shape index (κ3) is 2.07. The van der Waals surface area contributed by atoms with Crippen molar-refractivity contribution in [1.82, 2.24) is 24.5 Å². The Morgan fingerprint density at radius 2 is 2.20 bits per heavy atom. The van der Waals surface area contributed by atoms with Gasteiger partial charge in [-0.2, -0.15) is 0 Å². The van der Waals surface area contributed by atoms with Crippen molar-refractivity contribution < 1.29 is 9.90 Å². The summed E-state index contributed by atoms with van der Waals surface area (Å²) in [7, 11) is 0. The lowest BCUT2D eigenvalue weighted by molar-refractivity contribution is 0.0697. The zero-order valence-electron chi connectivity index (χ0n) is 10.4. The number of carboxylic acid groups (broad SMARTS) is 1. The van der Waals surface area contributed by atoms with Crippen LogP contribution in [0.5, 0.6) is 0 Å². The maximum atomic E-state index is 11.9. The summed E-state index contributed by atoms with van der Waals surface area (Å²) in [4.78, 5) is 25.6. The van der Waals surface area contributed by atoms with Crippen molar-refractivity contribution in [3.8, 4) is 0 Å². The van der Waals surface area contributed by atoms with E-state index in [9.17, 15) is 9.59 Å². The topological polar surface area (TPSA) is 106 Å². The molecule has 3 rings (SSSR count). The Balaban J connectivity index is 2.00. The van der Waals surface area contributed by atoms with Crippen molar-refractivity contribution in [1.29, 1.82) is 0 Å². The fourth-order valence-corrected chi connectivity index (χ4v) is 2.06. The van der Waals surface area contributed by atoms with Gasteiger partial charge >= 0.3 is 11.7 Å². The molecule has 0 amide bonds. The molecule has 0 atom stereocenters. The van der Waals surface area contributed by atoms with E-state index in [1.807, 2.05) is 0 Å². The van der Waals surface area contributed by atoms with Crippen molar-refractivity contribution in [2.45, 2.75) is 13.1 Å². The Morgan fingerprint density at radius 1 is 1.35 bits per heavy atom. The van der Waals surface area contributed by atoms with Gasteiger partial charge in [0.25, 0.3) is 0 Å². The van der Waals surface area contributed by atoms with Crippen LogP contribution in [0.15, 0.2) is 35.4 Å². The van der Waals surface area contributed by atoms with Gasteiger partial charge in [0, 0.05) is 12.7 Å². The number of aromatic nitrogens is 5. The molecule has 0 fully saturated rings. The quantitative estimate of drug-likeness (QED) is 0.712. The first-order valence-corrected chi connectivity index (χ1v) is 5.95. The van der Waals surface area contributed by atoms with Crippen molar-refractivity contribution in [2.75, 3.05) is 0 Å². The molecule has 0 radical (unpaired) electrons. The number of aromatic carboxylic acids is 1. The molecular weight excluding hydrogens is 262 g/mol. The Bertz CT molecular complexity index is 815. The van der Waals surface area contributed by atoms with Crippen LogP contribution in [0.3, 0.4) is 0 Å². The second kappa shape index (κ2) is 4.65. The number of rotatable bonds is 4. The smallest absolute Gasteiger partial charge is 0.335 e. The van der Waals surface area contributed by atoms with E-state index < -0.39 is 5.97 Å². The first-order valence-electron chi connectivity index (χ1n) is 5.95. The molecule has 102 valence electrons. The number of imidazole rings is 1. The molecule has 20 heavy (non-hydrogen) atoms. The minimum Gasteiger partial charge on any atom is -0.478 e. The molecule has 8 nitrogen and oxygen atoms in total. The highest BCUT2D eigenvalue weighted by Crippen LogP contribution is 2.13. The molecule has 0 bridgehead atoms. The summed E-state index contributed by atoms with van der Waals surface area (Å²) >= 11 is 0. The second-order valence-corrected chi connectivity index (χ2v) is 4.28. The van der Waals surface area contributed by atoms with Crippen LogP contribution in [-0.2, 0) is 13.1 Å². The standard InChI is InChI=1S/C12H11N5O3/c18-11(19)8-1-2-9-10(7-8)17(12(20)14-9)6-5-16-4-3-13-15-16/h1-4,7H,5-6H2,(H,14,20)(H,18,19). The van der Waals surface area contributed by atoms with Crippen LogP contribution in [0.1, 0.15) is 10.4 Å². The SMILES string of the molecule is O=C(O)c1ccc2[nH]c(=O)n(CCn3ccnn3)c2c1. The van der Waals surface area contributed by atoms with Crippen LogP contribution in [0.4, 0.5) is 0 Å². The summed E-state index contributed by atoms with van der Waals surface area (Å²) < 4.78 is 3.09. The van der Waals surface area contributed by atoms with Crippen LogP contribution in [0.2, 0.25) is 0 Å². The Kier molecular flexibility index (Phi) is 2.82. The van der Waals surface area contributed by atoms with Crippen molar-refractivity contribution >= 4 is 17.0 Å². The predicted molar refractivity (Wildman–Crippen MR) is 69.5 cm³/mol. The number of hydrogen-bond acceptors (Lipinski definition) is 4. The molecule has 0 unspecified atom stereocenters. The first-order chi connectivity index (χ1) is 9.65. The highest BCUT2D eigenvalue weighted by Gasteiger charge is 2.10. The Morgan fingerprint density at radius 3 is 2.90 bits per heavy atom. The minimum atomic E-state index is -1.02. The molecule has 2 N–H and O–H groups in total. The summed E-state index contributed by atoms with van der Waals surface area (Å²) in [5.41, 5.74) is 1.04. The van der Waals surface area contributed by atoms with Crippen LogP contribution in [-0.4, -0.2) is 35.6 Å². The Labute approximate surface area is 112 Å². The average molecular weight is 273 g/mol. The number of fused-ring (bicyclic) bond motifs is 1. The van der Waals surface area contributed by atoms with E-state index in [1.54, 1.807) is 23.1 Å². The van der Waals surface area contributed by atoms with Crippen LogP contribution in [0, 0.1) is 0 Å². The zero-order chi connectivity index (χ0) is 14.1. The molecule has 8 heteroatoms. The number of nitrogens with one attached hydrogen (secondary N) is 1. The van der Waals surface area contributed by atoms with Gasteiger partial charge in [-0.15, -0.1) is 5.10 Å². The lowest BCUT2D eigenvalue weighted by Gasteiger charge is -2.03. The van der Waals surface area contributed by atoms with Gasteiger partial charge in [-0.25, -0.2) is 9.59 Å². The molecule has 0 saturated carbocycles. The molecule has 2 aromatic heterocycles. The normalized spacial score (nSPS) is 11.0. The summed E-state index contributed by atoms with van der Waals surface area (Å²) in [6.45, 7) is 0.857. The molecule has 0 aliphatic rings. The molecular formula is C12H11N5O3. The van der Waals surface area contributed by atoms with Gasteiger partial charge in [-0.3, -0.25) is 9.25 Å². The van der Waals surface area contributed by atoms with E-state index in [0.717, 1.165) is 0 Å². The van der Waals surface area contributed by atoms with Gasteiger partial charge < -0.3 is 10.1 Å². The zero-order valence-corrected chi connectivity index (χ0v) is 10.4. The number of hydrogen-bond donors (Lipinski definition) is 2. The molecule has 0 aliphatic heterocycles. The highest BCUT2D eigenvalue weighted by atomic mass is 16.4. The number of H-pyrrole nitrogens is 1. The number of carboxylic acids is 1. The van der Waals surface area contributed by atoms with Crippen LogP contribution < -0.4 is 5.69 Å². The van der Waals surface area contributed by atoms with Crippen molar-refractivity contribution in [3.05, 3.63) is 46.6 Å². The lowest BCUT2D eigenvalue weighted by atomic mass is 10.2. The number of carbonyl (C=O) groups is 1. The fourth-order valence-electron chi connectivity index (χ4n) is 2.06. The van der Waals surface area contributed by atoms with Gasteiger partial charge in [-0.05, 0) is 18.2 Å². The van der Waals surface area contributed by atoms with E-state index in [1.165, 1.54) is 16.7 Å². The third-order valence-corrected chi connectivity index (χ3v) is 3.05. The first kappa shape index (κ1) is 12.2. The van der Waals surface area contributed by atoms with E-state index in [4.69, 9.17) is 5.11 Å². The summed E-state index contributed by atoms with van der Waals surface area (Å²) in [5.74, 6) is -1.02. The van der Waals surface area contributed by atoms with Gasteiger partial charge in [-0.1, -0.05) is 5.21 Å². The van der Waals surface area contributed by atoms with Crippen molar-refractivity contribution in [3.63, 3.8) is 0 Å². The van der Waals surface area contributed by atoms with E-state index in [2.05, 4.69) is 15.3 Å². The number of aryl methyl sites for hydroxylation is 2. The van der Waals surface area contributed by atoms with E-state index in [-0.39, 0.29) is 11.3 Å². The lowest BCUT2D eigenvalue weighted by Crippen LogP contribution is -2.20. The Hall–Kier alpha value is -2.90. The van der Waals surface area contributed by atoms with Gasteiger partial charge in [0.15, 0.2) is 0 Å². The number of aromatic amines is 1. The van der Waals surface area contributed by atoms with Crippen LogP contribution in [0.25, 0.3) is 11.0 Å². The largest absolute Gasteiger partial charge is 0.478 e. The van der Waals surface area contributed by atoms with Gasteiger partial charge in [0.1, 0.15) is 0 Å². The maximum absolute atomic E-state index is 11.9. The van der Waals surface area contributed by atoms with Gasteiger partial charge in [0.05, 0.1) is 29.3 Å². The predicted octanol–water partition coefficient (Wildman–Crippen LogP) is 0.319. The maximum Gasteiger partial charge on any atom is 0.335 e. The second-order valence-electron chi connectivity index (χ2n) is 4.28. The molecule has 1 aromatic carbocycles. The van der Waals surface area contributed by atoms with Crippen molar-refractivity contribution in [2.24, 2.45) is 0 Å². The summed E-state index contributed by atoms with van der Waals surface area (Å²) in [6.07, 6.45) is 3.25. The molecule has 0 aliphatic carbocycles. The monoisotopic (exact) mass is 273 g/mol. The molecule has 2 heterocycles. The number of nitrogens with zero attached hydrogens (tertiary/aromatic N) is 4. The highest BCUT2D eigenvalue weighted by molar-refractivity contribution is 5.92. The van der Waals surface area contributed by atoms with E-state index in [0.29, 0.717) is 24.1 Å². The molecule has 0 spiro atoms. The summed E-state index contributed by atoms with van der Waals surface area (Å²) in [6, 6.07) is 4.53. The summed E-state index contributed by atoms with van der Waals surface area (Å²) in [5, 5.41) is 16.5. The third-order valence-electron chi connectivity index (χ3n) is 3.05. The molecule has 0 saturated heterocycles. The number of benzene rings is 1. The average Bonchev–Trinajstić information content (AvgIpc) is 3.02. The van der Waals surface area contributed by atoms with E-state index >= 15 is 0 Å². The van der Waals surface area contributed by atoms with Crippen LogP contribution >= 0.6 is 0 Å². The molecule has 3 aromatic rings. The van der Waals surface area contributed by atoms with Gasteiger partial charge in [0.2, 0.25) is 0 Å².